The normalized spacial score (nSPS) is 32.2. The van der Waals surface area contributed by atoms with E-state index in [1.165, 1.54) is 19.2 Å². The van der Waals surface area contributed by atoms with Crippen LogP contribution in [0.3, 0.4) is 0 Å². The number of hydrogen-bond donors (Lipinski definition) is 9. The molecule has 0 aromatic heterocycles. The van der Waals surface area contributed by atoms with Gasteiger partial charge in [0.05, 0.1) is 7.11 Å². The summed E-state index contributed by atoms with van der Waals surface area (Å²) in [5.41, 5.74) is 1.50. The number of aliphatic carboxylic acids is 2. The number of carboxylic acids is 2. The minimum Gasteiger partial charge on any atom is -0.504 e. The Balaban J connectivity index is 1.43. The molecule has 12 atom stereocenters. The van der Waals surface area contributed by atoms with E-state index in [0.29, 0.717) is 18.4 Å². The third-order valence-corrected chi connectivity index (χ3v) is 8.45. The van der Waals surface area contributed by atoms with Gasteiger partial charge in [-0.05, 0) is 60.1 Å². The highest BCUT2D eigenvalue weighted by Crippen LogP contribution is 2.35. The Labute approximate surface area is 268 Å². The van der Waals surface area contributed by atoms with Gasteiger partial charge < -0.3 is 69.6 Å². The molecule has 9 N–H and O–H groups in total. The van der Waals surface area contributed by atoms with Crippen molar-refractivity contribution in [1.82, 2.24) is 0 Å². The number of rotatable bonds is 12. The molecule has 16 heteroatoms. The number of hydrogen-bond acceptors (Lipinski definition) is 14. The highest BCUT2D eigenvalue weighted by Gasteiger charge is 2.49. The molecule has 0 bridgehead atoms. The van der Waals surface area contributed by atoms with Gasteiger partial charge in [0.25, 0.3) is 0 Å². The fraction of sp³-hybridized carbons (Fsp3) is 0.548. The Morgan fingerprint density at radius 2 is 1.09 bits per heavy atom. The average molecular weight is 669 g/mol. The number of phenolic OH excluding ortho intramolecular Hbond substituents is 1. The van der Waals surface area contributed by atoms with Gasteiger partial charge in [-0.25, -0.2) is 9.59 Å². The third-order valence-electron chi connectivity index (χ3n) is 8.45. The van der Waals surface area contributed by atoms with E-state index >= 15 is 0 Å². The smallest absolute Gasteiger partial charge is 0.335 e. The van der Waals surface area contributed by atoms with E-state index < -0.39 is 73.4 Å². The Hall–Kier alpha value is -3.74. The molecule has 0 saturated carbocycles. The highest BCUT2D eigenvalue weighted by molar-refractivity contribution is 5.74. The van der Waals surface area contributed by atoms with E-state index in [9.17, 15) is 55.5 Å². The maximum absolute atomic E-state index is 11.5. The van der Waals surface area contributed by atoms with E-state index in [0.717, 1.165) is 5.56 Å². The van der Waals surface area contributed by atoms with E-state index in [1.54, 1.807) is 24.3 Å². The maximum atomic E-state index is 11.5. The van der Waals surface area contributed by atoms with Crippen LogP contribution in [0.15, 0.2) is 36.4 Å². The zero-order valence-corrected chi connectivity index (χ0v) is 25.7. The predicted molar refractivity (Wildman–Crippen MR) is 157 cm³/mol. The maximum Gasteiger partial charge on any atom is 0.335 e. The van der Waals surface area contributed by atoms with Crippen molar-refractivity contribution in [1.29, 1.82) is 0 Å². The Bertz CT molecular complexity index is 1400. The van der Waals surface area contributed by atoms with Gasteiger partial charge in [-0.15, -0.1) is 0 Å². The molecule has 16 nitrogen and oxygen atoms in total. The summed E-state index contributed by atoms with van der Waals surface area (Å²) in [7, 11) is 1.38. The van der Waals surface area contributed by atoms with Crippen LogP contribution in [0.4, 0.5) is 0 Å². The number of carboxylic acid groups (broad SMARTS) is 2. The predicted octanol–water partition coefficient (Wildman–Crippen LogP) is -1.000. The largest absolute Gasteiger partial charge is 0.504 e. The quantitative estimate of drug-likeness (QED) is 0.131. The summed E-state index contributed by atoms with van der Waals surface area (Å²) in [6, 6.07) is 9.55. The summed E-state index contributed by atoms with van der Waals surface area (Å²) in [4.78, 5) is 22.9. The lowest BCUT2D eigenvalue weighted by molar-refractivity contribution is -0.271. The summed E-state index contributed by atoms with van der Waals surface area (Å²) in [5, 5.41) is 89.7. The second kappa shape index (κ2) is 15.0. The number of ether oxygens (including phenoxy) is 5. The SMILES string of the molecule is COc1ccc(C[C@@H](C)[C@@H](C)Cc2ccc(O)c(O[C@H]3O[C@@H](C(=O)O)[C@H](O)[C@@H](O)[C@@H]3O)c2)cc1O[C@@H]1O[C@H](C(=O)O)[C@@H](O)[C@H](O)[C@H]1O. The lowest BCUT2D eigenvalue weighted by Gasteiger charge is -2.38. The molecule has 0 amide bonds. The Kier molecular flexibility index (Phi) is 11.5. The topological polar surface area (TPSA) is 262 Å². The van der Waals surface area contributed by atoms with Gasteiger partial charge in [0, 0.05) is 0 Å². The molecule has 2 fully saturated rings. The van der Waals surface area contributed by atoms with Crippen LogP contribution < -0.4 is 14.2 Å². The molecule has 2 saturated heterocycles. The standard InChI is InChI=1S/C31H40O16/c1-12(8-14-4-6-16(32)18(10-14)44-30-24(37)20(33)22(35)26(46-30)28(39)40)13(2)9-15-5-7-17(43-3)19(11-15)45-31-25(38)21(34)23(36)27(47-31)29(41)42/h4-7,10-13,20-27,30-38H,8-9H2,1-3H3,(H,39,40)(H,41,42)/t12-,13+,20+,21-,22+,23-,24-,25+,26+,27-,30-,31+/m0/s1. The van der Waals surface area contributed by atoms with Gasteiger partial charge in [0.15, 0.2) is 35.2 Å². The number of phenols is 1. The molecule has 2 heterocycles. The van der Waals surface area contributed by atoms with Crippen molar-refractivity contribution in [2.45, 2.75) is 88.1 Å². The number of aliphatic hydroxyl groups is 6. The van der Waals surface area contributed by atoms with Crippen molar-refractivity contribution in [3.8, 4) is 23.0 Å². The molecule has 2 aromatic carbocycles. The van der Waals surface area contributed by atoms with Crippen LogP contribution in [0.25, 0.3) is 0 Å². The molecule has 0 spiro atoms. The Morgan fingerprint density at radius 3 is 1.53 bits per heavy atom. The fourth-order valence-corrected chi connectivity index (χ4v) is 5.42. The second-order valence-corrected chi connectivity index (χ2v) is 11.9. The number of aliphatic hydroxyl groups excluding tert-OH is 6. The van der Waals surface area contributed by atoms with Gasteiger partial charge >= 0.3 is 11.9 Å². The Morgan fingerprint density at radius 1 is 0.660 bits per heavy atom. The van der Waals surface area contributed by atoms with Crippen LogP contribution in [0.1, 0.15) is 25.0 Å². The van der Waals surface area contributed by atoms with E-state index in [-0.39, 0.29) is 34.8 Å². The van der Waals surface area contributed by atoms with Gasteiger partial charge in [-0.1, -0.05) is 26.0 Å². The molecule has 0 radical (unpaired) electrons. The van der Waals surface area contributed by atoms with Crippen LogP contribution in [0.2, 0.25) is 0 Å². The van der Waals surface area contributed by atoms with Crippen LogP contribution in [0, 0.1) is 11.8 Å². The number of benzene rings is 2. The van der Waals surface area contributed by atoms with Crippen LogP contribution in [0.5, 0.6) is 23.0 Å². The van der Waals surface area contributed by atoms with Crippen LogP contribution in [-0.4, -0.2) is 126 Å². The average Bonchev–Trinajstić information content (AvgIpc) is 3.02. The fourth-order valence-electron chi connectivity index (χ4n) is 5.42. The summed E-state index contributed by atoms with van der Waals surface area (Å²) in [6.45, 7) is 3.99. The van der Waals surface area contributed by atoms with E-state index in [4.69, 9.17) is 23.7 Å². The lowest BCUT2D eigenvalue weighted by Crippen LogP contribution is -2.61. The molecular weight excluding hydrogens is 628 g/mol. The molecule has 2 aromatic rings. The van der Waals surface area contributed by atoms with Crippen molar-refractivity contribution in [2.24, 2.45) is 11.8 Å². The molecule has 47 heavy (non-hydrogen) atoms. The summed E-state index contributed by atoms with van der Waals surface area (Å²) in [5.74, 6) is -3.15. The monoisotopic (exact) mass is 668 g/mol. The van der Waals surface area contributed by atoms with Gasteiger partial charge in [0.2, 0.25) is 12.6 Å². The molecule has 0 aliphatic carbocycles. The van der Waals surface area contributed by atoms with Gasteiger partial charge in [-0.2, -0.15) is 0 Å². The van der Waals surface area contributed by atoms with E-state index in [2.05, 4.69) is 0 Å². The van der Waals surface area contributed by atoms with Gasteiger partial charge in [-0.3, -0.25) is 0 Å². The molecule has 0 unspecified atom stereocenters. The van der Waals surface area contributed by atoms with Crippen molar-refractivity contribution in [2.75, 3.05) is 7.11 Å². The first-order valence-corrected chi connectivity index (χ1v) is 14.8. The molecule has 4 rings (SSSR count). The summed E-state index contributed by atoms with van der Waals surface area (Å²) in [6.07, 6.45) is -17.0. The minimum atomic E-state index is -1.89. The number of aromatic hydroxyl groups is 1. The zero-order valence-electron chi connectivity index (χ0n) is 25.7. The third kappa shape index (κ3) is 8.05. The first-order chi connectivity index (χ1) is 22.1. The van der Waals surface area contributed by atoms with Crippen molar-refractivity contribution >= 4 is 11.9 Å². The molecule has 260 valence electrons. The summed E-state index contributed by atoms with van der Waals surface area (Å²) < 4.78 is 27.0. The van der Waals surface area contributed by atoms with Crippen LogP contribution >= 0.6 is 0 Å². The number of carbonyl (C=O) groups is 2. The van der Waals surface area contributed by atoms with Crippen molar-refractivity contribution in [3.63, 3.8) is 0 Å². The second-order valence-electron chi connectivity index (χ2n) is 11.9. The van der Waals surface area contributed by atoms with Crippen molar-refractivity contribution < 1.29 is 79.2 Å². The molecular formula is C31H40O16. The lowest BCUT2D eigenvalue weighted by atomic mass is 9.85. The zero-order chi connectivity index (χ0) is 34.7. The molecule has 2 aliphatic heterocycles. The van der Waals surface area contributed by atoms with E-state index in [1.807, 2.05) is 13.8 Å². The first-order valence-electron chi connectivity index (χ1n) is 14.8. The molecule has 2 aliphatic rings. The first kappa shape index (κ1) is 36.1. The summed E-state index contributed by atoms with van der Waals surface area (Å²) >= 11 is 0. The highest BCUT2D eigenvalue weighted by atomic mass is 16.7. The van der Waals surface area contributed by atoms with Crippen LogP contribution in [-0.2, 0) is 31.9 Å². The van der Waals surface area contributed by atoms with Gasteiger partial charge in [0.1, 0.15) is 36.6 Å². The van der Waals surface area contributed by atoms with Crippen molar-refractivity contribution in [3.05, 3.63) is 47.5 Å². The number of methoxy groups -OCH3 is 1. The minimum absolute atomic E-state index is 0.0280.